The van der Waals surface area contributed by atoms with Crippen LogP contribution < -0.4 is 4.74 Å². The van der Waals surface area contributed by atoms with Gasteiger partial charge in [0.05, 0.1) is 19.1 Å². The lowest BCUT2D eigenvalue weighted by molar-refractivity contribution is -0.758. The zero-order valence-electron chi connectivity index (χ0n) is 10.3. The molecule has 1 aromatic rings. The number of methoxy groups -OCH3 is 1. The van der Waals surface area contributed by atoms with E-state index in [9.17, 15) is 5.21 Å². The molecular weight excluding hydrogens is 218 g/mol. The molecular formula is C13H17NO3. The third-order valence-corrected chi connectivity index (χ3v) is 3.15. The molecule has 0 bridgehead atoms. The van der Waals surface area contributed by atoms with Crippen LogP contribution in [0.3, 0.4) is 0 Å². The molecule has 92 valence electrons. The van der Waals surface area contributed by atoms with Crippen LogP contribution in [-0.2, 0) is 4.84 Å². The summed E-state index contributed by atoms with van der Waals surface area (Å²) in [6.45, 7) is 3.72. The normalized spacial score (nSPS) is 24.4. The summed E-state index contributed by atoms with van der Waals surface area (Å²) in [7, 11) is 1.64. The maximum Gasteiger partial charge on any atom is 0.226 e. The van der Waals surface area contributed by atoms with Crippen LogP contribution in [0.4, 0.5) is 0 Å². The summed E-state index contributed by atoms with van der Waals surface area (Å²) in [4.78, 5) is 5.75. The Morgan fingerprint density at radius 3 is 2.59 bits per heavy atom. The van der Waals surface area contributed by atoms with Gasteiger partial charge in [0.1, 0.15) is 5.75 Å². The second kappa shape index (κ2) is 4.65. The third kappa shape index (κ3) is 2.35. The average Bonchev–Trinajstić information content (AvgIpc) is 2.34. The van der Waals surface area contributed by atoms with E-state index in [2.05, 4.69) is 0 Å². The van der Waals surface area contributed by atoms with Gasteiger partial charge in [-0.2, -0.15) is 0 Å². The summed E-state index contributed by atoms with van der Waals surface area (Å²) < 4.78 is 5.12. The Bertz CT molecular complexity index is 425. The van der Waals surface area contributed by atoms with Crippen molar-refractivity contribution in [3.8, 4) is 5.75 Å². The minimum absolute atomic E-state index is 0.0525. The van der Waals surface area contributed by atoms with Crippen molar-refractivity contribution in [2.75, 3.05) is 7.11 Å². The number of nitrogens with zero attached hydrogens (tertiary/aromatic N) is 1. The standard InChI is InChI=1S/C13H17NO3/c1-9-8-13(10(2)14(15)17-9)11-4-6-12(16-3)7-5-11/h4-7,9,13H,8H2,1-3H3/t9-,13?/m1/s1. The van der Waals surface area contributed by atoms with Crippen LogP contribution in [0.25, 0.3) is 0 Å². The number of rotatable bonds is 2. The van der Waals surface area contributed by atoms with E-state index in [1.807, 2.05) is 38.1 Å². The van der Waals surface area contributed by atoms with Gasteiger partial charge in [-0.05, 0) is 31.0 Å². The molecule has 0 saturated carbocycles. The Hall–Kier alpha value is -1.71. The van der Waals surface area contributed by atoms with Crippen LogP contribution in [-0.4, -0.2) is 23.8 Å². The molecule has 2 atom stereocenters. The van der Waals surface area contributed by atoms with Gasteiger partial charge in [-0.15, -0.1) is 0 Å². The van der Waals surface area contributed by atoms with Gasteiger partial charge in [-0.3, -0.25) is 5.21 Å². The Morgan fingerprint density at radius 1 is 1.35 bits per heavy atom. The van der Waals surface area contributed by atoms with E-state index < -0.39 is 0 Å². The van der Waals surface area contributed by atoms with E-state index >= 15 is 0 Å². The van der Waals surface area contributed by atoms with Crippen LogP contribution in [0.5, 0.6) is 5.75 Å². The fourth-order valence-corrected chi connectivity index (χ4v) is 2.13. The Kier molecular flexibility index (Phi) is 3.22. The van der Waals surface area contributed by atoms with Crippen molar-refractivity contribution in [3.05, 3.63) is 35.0 Å². The van der Waals surface area contributed by atoms with Crippen molar-refractivity contribution in [3.63, 3.8) is 0 Å². The van der Waals surface area contributed by atoms with E-state index in [-0.39, 0.29) is 12.0 Å². The van der Waals surface area contributed by atoms with Gasteiger partial charge in [0.25, 0.3) is 0 Å². The number of benzene rings is 1. The van der Waals surface area contributed by atoms with Gasteiger partial charge >= 0.3 is 0 Å². The molecule has 0 fully saturated rings. The molecule has 2 rings (SSSR count). The van der Waals surface area contributed by atoms with Crippen molar-refractivity contribution >= 4 is 5.71 Å². The monoisotopic (exact) mass is 235 g/mol. The molecule has 0 aliphatic carbocycles. The Labute approximate surface area is 101 Å². The van der Waals surface area contributed by atoms with Crippen LogP contribution in [0, 0.1) is 5.21 Å². The van der Waals surface area contributed by atoms with Gasteiger partial charge in [-0.1, -0.05) is 12.1 Å². The molecule has 4 nitrogen and oxygen atoms in total. The first-order valence-electron chi connectivity index (χ1n) is 5.73. The first-order valence-corrected chi connectivity index (χ1v) is 5.73. The quantitative estimate of drug-likeness (QED) is 0.740. The lowest BCUT2D eigenvalue weighted by Gasteiger charge is -2.27. The second-order valence-electron chi connectivity index (χ2n) is 4.38. The molecule has 1 aliphatic rings. The molecule has 0 spiro atoms. The van der Waals surface area contributed by atoms with Crippen LogP contribution in [0.15, 0.2) is 24.3 Å². The summed E-state index contributed by atoms with van der Waals surface area (Å²) >= 11 is 0. The molecule has 1 aromatic carbocycles. The van der Waals surface area contributed by atoms with E-state index in [1.165, 1.54) is 0 Å². The number of hydrogen-bond acceptors (Lipinski definition) is 3. The number of hydrogen-bond donors (Lipinski definition) is 0. The van der Waals surface area contributed by atoms with Gasteiger partial charge in [0.2, 0.25) is 5.71 Å². The summed E-state index contributed by atoms with van der Waals surface area (Å²) in [5.74, 6) is 0.952. The molecule has 1 unspecified atom stereocenters. The van der Waals surface area contributed by atoms with Crippen LogP contribution in [0.1, 0.15) is 31.7 Å². The van der Waals surface area contributed by atoms with E-state index in [4.69, 9.17) is 9.57 Å². The van der Waals surface area contributed by atoms with Gasteiger partial charge < -0.3 is 9.57 Å². The fourth-order valence-electron chi connectivity index (χ4n) is 2.13. The minimum atomic E-state index is -0.0525. The summed E-state index contributed by atoms with van der Waals surface area (Å²) in [5, 5.41) is 11.5. The van der Waals surface area contributed by atoms with Gasteiger partial charge in [0.15, 0.2) is 0 Å². The molecule has 4 heteroatoms. The molecule has 1 aliphatic heterocycles. The zero-order chi connectivity index (χ0) is 12.4. The molecule has 17 heavy (non-hydrogen) atoms. The predicted molar refractivity (Wildman–Crippen MR) is 65.2 cm³/mol. The summed E-state index contributed by atoms with van der Waals surface area (Å²) in [6, 6.07) is 7.83. The first kappa shape index (κ1) is 11.8. The molecule has 1 heterocycles. The molecule has 0 aromatic heterocycles. The SMILES string of the molecule is COc1ccc(C2C[C@@H](C)O[N+]([O-])=C2C)cc1. The molecule has 0 radical (unpaired) electrons. The van der Waals surface area contributed by atoms with Crippen molar-refractivity contribution in [1.29, 1.82) is 0 Å². The molecule has 0 saturated heterocycles. The van der Waals surface area contributed by atoms with Crippen LogP contribution in [0.2, 0.25) is 0 Å². The topological polar surface area (TPSA) is 44.5 Å². The smallest absolute Gasteiger partial charge is 0.226 e. The van der Waals surface area contributed by atoms with Crippen molar-refractivity contribution in [1.82, 2.24) is 0 Å². The van der Waals surface area contributed by atoms with Crippen molar-refractivity contribution < 1.29 is 14.5 Å². The van der Waals surface area contributed by atoms with E-state index in [1.54, 1.807) is 7.11 Å². The fraction of sp³-hybridized carbons (Fsp3) is 0.462. The highest BCUT2D eigenvalue weighted by atomic mass is 16.9. The van der Waals surface area contributed by atoms with Crippen molar-refractivity contribution in [2.24, 2.45) is 0 Å². The second-order valence-corrected chi connectivity index (χ2v) is 4.38. The van der Waals surface area contributed by atoms with Crippen LogP contribution >= 0.6 is 0 Å². The van der Waals surface area contributed by atoms with Gasteiger partial charge in [-0.25, -0.2) is 0 Å². The zero-order valence-corrected chi connectivity index (χ0v) is 10.3. The molecule has 0 N–H and O–H groups in total. The Balaban J connectivity index is 2.29. The largest absolute Gasteiger partial charge is 0.497 e. The Morgan fingerprint density at radius 2 is 2.00 bits per heavy atom. The van der Waals surface area contributed by atoms with E-state index in [0.29, 0.717) is 10.6 Å². The highest BCUT2D eigenvalue weighted by Gasteiger charge is 2.29. The van der Waals surface area contributed by atoms with Gasteiger partial charge in [0, 0.05) is 11.8 Å². The number of ether oxygens (including phenoxy) is 1. The summed E-state index contributed by atoms with van der Waals surface area (Å²) in [5.41, 5.74) is 1.83. The minimum Gasteiger partial charge on any atom is -0.497 e. The lowest BCUT2D eigenvalue weighted by Crippen LogP contribution is -2.32. The first-order chi connectivity index (χ1) is 8.11. The molecule has 0 amide bonds. The maximum absolute atomic E-state index is 11.5. The summed E-state index contributed by atoms with van der Waals surface area (Å²) in [6.07, 6.45) is 0.778. The lowest BCUT2D eigenvalue weighted by atomic mass is 9.89. The average molecular weight is 235 g/mol. The predicted octanol–water partition coefficient (Wildman–Crippen LogP) is 2.47. The van der Waals surface area contributed by atoms with E-state index in [0.717, 1.165) is 17.7 Å². The highest BCUT2D eigenvalue weighted by Crippen LogP contribution is 2.28. The third-order valence-electron chi connectivity index (χ3n) is 3.15. The highest BCUT2D eigenvalue weighted by molar-refractivity contribution is 5.84. The van der Waals surface area contributed by atoms with Crippen molar-refractivity contribution in [2.45, 2.75) is 32.3 Å². The maximum atomic E-state index is 11.5.